The minimum atomic E-state index is 0.610. The molecule has 0 aliphatic rings. The number of nitrogen functional groups attached to an aromatic ring is 1. The molecule has 0 spiro atoms. The second kappa shape index (κ2) is 12.9. The van der Waals surface area contributed by atoms with Gasteiger partial charge in [-0.1, -0.05) is 13.3 Å². The van der Waals surface area contributed by atoms with Crippen molar-refractivity contribution in [3.05, 3.63) is 18.5 Å². The Kier molecular flexibility index (Phi) is 11.2. The molecule has 0 aliphatic carbocycles. The average Bonchev–Trinajstić information content (AvgIpc) is 2.50. The van der Waals surface area contributed by atoms with E-state index in [0.717, 1.165) is 30.1 Å². The lowest BCUT2D eigenvalue weighted by atomic mass is 10.4. The Hall–Kier alpha value is -0.820. The van der Waals surface area contributed by atoms with Crippen molar-refractivity contribution in [1.29, 1.82) is 0 Å². The van der Waals surface area contributed by atoms with E-state index in [-0.39, 0.29) is 0 Å². The molecule has 0 radical (unpaired) electrons. The van der Waals surface area contributed by atoms with E-state index in [0.29, 0.717) is 38.7 Å². The van der Waals surface area contributed by atoms with Gasteiger partial charge in [-0.2, -0.15) is 0 Å². The summed E-state index contributed by atoms with van der Waals surface area (Å²) in [7, 11) is 0. The first-order valence-corrected chi connectivity index (χ1v) is 8.38. The van der Waals surface area contributed by atoms with Crippen LogP contribution in [0.4, 0.5) is 5.69 Å². The van der Waals surface area contributed by atoms with Gasteiger partial charge in [-0.05, 0) is 12.5 Å². The summed E-state index contributed by atoms with van der Waals surface area (Å²) < 4.78 is 16.3. The van der Waals surface area contributed by atoms with E-state index in [1.54, 1.807) is 24.2 Å². The number of hydrogen-bond acceptors (Lipinski definition) is 6. The number of hydrogen-bond donors (Lipinski definition) is 1. The Labute approximate surface area is 131 Å². The Morgan fingerprint density at radius 2 is 1.71 bits per heavy atom. The molecule has 0 saturated carbocycles. The highest BCUT2D eigenvalue weighted by Crippen LogP contribution is 2.22. The van der Waals surface area contributed by atoms with Gasteiger partial charge in [-0.15, -0.1) is 11.8 Å². The van der Waals surface area contributed by atoms with Gasteiger partial charge in [0.05, 0.1) is 44.9 Å². The first kappa shape index (κ1) is 18.2. The van der Waals surface area contributed by atoms with E-state index in [1.165, 1.54) is 0 Å². The van der Waals surface area contributed by atoms with E-state index in [9.17, 15) is 0 Å². The van der Waals surface area contributed by atoms with Gasteiger partial charge in [0.1, 0.15) is 0 Å². The fourth-order valence-corrected chi connectivity index (χ4v) is 2.32. The Balaban J connectivity index is 1.84. The van der Waals surface area contributed by atoms with Gasteiger partial charge in [0.15, 0.2) is 0 Å². The molecule has 1 aromatic rings. The predicted molar refractivity (Wildman–Crippen MR) is 86.7 cm³/mol. The van der Waals surface area contributed by atoms with Gasteiger partial charge in [0.25, 0.3) is 0 Å². The number of ether oxygens (including phenoxy) is 3. The molecule has 5 nitrogen and oxygen atoms in total. The van der Waals surface area contributed by atoms with Gasteiger partial charge in [-0.3, -0.25) is 4.98 Å². The van der Waals surface area contributed by atoms with E-state index in [1.807, 2.05) is 6.07 Å². The van der Waals surface area contributed by atoms with Crippen LogP contribution >= 0.6 is 11.8 Å². The summed E-state index contributed by atoms with van der Waals surface area (Å²) in [6.07, 6.45) is 5.69. The number of nitrogens with two attached hydrogens (primary N) is 1. The number of anilines is 1. The second-order valence-electron chi connectivity index (χ2n) is 4.45. The largest absolute Gasteiger partial charge is 0.397 e. The topological polar surface area (TPSA) is 66.6 Å². The number of rotatable bonds is 13. The van der Waals surface area contributed by atoms with Crippen LogP contribution in [0.5, 0.6) is 0 Å². The summed E-state index contributed by atoms with van der Waals surface area (Å²) in [6.45, 7) is 6.18. The van der Waals surface area contributed by atoms with Gasteiger partial charge >= 0.3 is 0 Å². The number of nitrogens with zero attached hydrogens (tertiary/aromatic N) is 1. The van der Waals surface area contributed by atoms with E-state index in [2.05, 4.69) is 11.9 Å². The maximum absolute atomic E-state index is 5.80. The summed E-state index contributed by atoms with van der Waals surface area (Å²) in [5, 5.41) is 0. The highest BCUT2D eigenvalue weighted by atomic mass is 32.2. The van der Waals surface area contributed by atoms with Crippen molar-refractivity contribution >= 4 is 17.4 Å². The molecule has 1 aromatic heterocycles. The van der Waals surface area contributed by atoms with Crippen LogP contribution in [-0.4, -0.2) is 50.4 Å². The van der Waals surface area contributed by atoms with Crippen LogP contribution in [0, 0.1) is 0 Å². The first-order chi connectivity index (χ1) is 10.3. The van der Waals surface area contributed by atoms with Crippen LogP contribution in [0.1, 0.15) is 19.8 Å². The molecular formula is C15H26N2O3S. The monoisotopic (exact) mass is 314 g/mol. The summed E-state index contributed by atoms with van der Waals surface area (Å²) in [5.41, 5.74) is 6.52. The first-order valence-electron chi connectivity index (χ1n) is 7.40. The number of unbranched alkanes of at least 4 members (excludes halogenated alkanes) is 1. The molecule has 0 aromatic carbocycles. The zero-order valence-electron chi connectivity index (χ0n) is 12.8. The van der Waals surface area contributed by atoms with Crippen molar-refractivity contribution in [3.8, 4) is 0 Å². The molecule has 1 rings (SSSR count). The molecule has 0 unspecified atom stereocenters. The van der Waals surface area contributed by atoms with Crippen molar-refractivity contribution in [1.82, 2.24) is 4.98 Å². The SMILES string of the molecule is CCCCOCCOCCOCCSc1ccncc1N. The smallest absolute Gasteiger partial charge is 0.0701 e. The van der Waals surface area contributed by atoms with Crippen LogP contribution in [0.25, 0.3) is 0 Å². The van der Waals surface area contributed by atoms with Crippen molar-refractivity contribution in [2.45, 2.75) is 24.7 Å². The van der Waals surface area contributed by atoms with E-state index in [4.69, 9.17) is 19.9 Å². The zero-order chi connectivity index (χ0) is 15.2. The highest BCUT2D eigenvalue weighted by Gasteiger charge is 1.98. The Morgan fingerprint density at radius 3 is 2.38 bits per heavy atom. The van der Waals surface area contributed by atoms with Crippen LogP contribution < -0.4 is 5.73 Å². The fraction of sp³-hybridized carbons (Fsp3) is 0.667. The minimum Gasteiger partial charge on any atom is -0.397 e. The molecular weight excluding hydrogens is 288 g/mol. The van der Waals surface area contributed by atoms with Crippen LogP contribution in [0.3, 0.4) is 0 Å². The Morgan fingerprint density at radius 1 is 1.05 bits per heavy atom. The summed E-state index contributed by atoms with van der Waals surface area (Å²) in [4.78, 5) is 5.01. The van der Waals surface area contributed by atoms with Gasteiger partial charge in [0.2, 0.25) is 0 Å². The molecule has 0 aliphatic heterocycles. The third-order valence-electron chi connectivity index (χ3n) is 2.68. The highest BCUT2D eigenvalue weighted by molar-refractivity contribution is 7.99. The molecule has 0 amide bonds. The van der Waals surface area contributed by atoms with E-state index >= 15 is 0 Å². The lowest BCUT2D eigenvalue weighted by Gasteiger charge is -2.07. The number of aromatic nitrogens is 1. The van der Waals surface area contributed by atoms with Crippen molar-refractivity contribution in [3.63, 3.8) is 0 Å². The Bertz CT molecular complexity index is 367. The predicted octanol–water partition coefficient (Wildman–Crippen LogP) is 2.61. The molecule has 21 heavy (non-hydrogen) atoms. The molecule has 0 saturated heterocycles. The van der Waals surface area contributed by atoms with Crippen LogP contribution in [0.15, 0.2) is 23.4 Å². The molecule has 6 heteroatoms. The van der Waals surface area contributed by atoms with Gasteiger partial charge in [0, 0.05) is 23.5 Å². The molecule has 2 N–H and O–H groups in total. The lowest BCUT2D eigenvalue weighted by Crippen LogP contribution is -2.10. The maximum atomic E-state index is 5.80. The van der Waals surface area contributed by atoms with E-state index < -0.39 is 0 Å². The average molecular weight is 314 g/mol. The standard InChI is InChI=1S/C15H26N2O3S/c1-2-3-6-18-7-8-19-9-10-20-11-12-21-15-4-5-17-13-14(15)16/h4-5,13H,2-3,6-12,16H2,1H3. The van der Waals surface area contributed by atoms with Gasteiger partial charge < -0.3 is 19.9 Å². The summed E-state index contributed by atoms with van der Waals surface area (Å²) in [6, 6.07) is 1.92. The lowest BCUT2D eigenvalue weighted by molar-refractivity contribution is 0.0169. The quantitative estimate of drug-likeness (QED) is 0.446. The van der Waals surface area contributed by atoms with Crippen molar-refractivity contribution < 1.29 is 14.2 Å². The minimum absolute atomic E-state index is 0.610. The summed E-state index contributed by atoms with van der Waals surface area (Å²) in [5.74, 6) is 0.869. The van der Waals surface area contributed by atoms with Crippen LogP contribution in [0.2, 0.25) is 0 Å². The molecule has 1 heterocycles. The third-order valence-corrected chi connectivity index (χ3v) is 3.74. The normalized spacial score (nSPS) is 10.9. The molecule has 0 atom stereocenters. The summed E-state index contributed by atoms with van der Waals surface area (Å²) >= 11 is 1.68. The van der Waals surface area contributed by atoms with Crippen molar-refractivity contribution in [2.24, 2.45) is 0 Å². The zero-order valence-corrected chi connectivity index (χ0v) is 13.6. The fourth-order valence-electron chi connectivity index (χ4n) is 1.52. The molecule has 120 valence electrons. The van der Waals surface area contributed by atoms with Crippen LogP contribution in [-0.2, 0) is 14.2 Å². The number of pyridine rings is 1. The molecule has 0 bridgehead atoms. The maximum Gasteiger partial charge on any atom is 0.0701 e. The van der Waals surface area contributed by atoms with Gasteiger partial charge in [-0.25, -0.2) is 0 Å². The number of thioether (sulfide) groups is 1. The molecule has 0 fully saturated rings. The van der Waals surface area contributed by atoms with Crippen molar-refractivity contribution in [2.75, 3.05) is 51.1 Å². The third kappa shape index (κ3) is 9.68. The second-order valence-corrected chi connectivity index (χ2v) is 5.59.